The molecule has 0 bridgehead atoms. The van der Waals surface area contributed by atoms with Crippen LogP contribution >= 0.6 is 11.6 Å². The third-order valence-electron chi connectivity index (χ3n) is 2.72. The van der Waals surface area contributed by atoms with E-state index in [9.17, 15) is 4.79 Å². The Morgan fingerprint density at radius 1 is 0.944 bits per heavy atom. The minimum absolute atomic E-state index is 0.0282. The molecule has 0 aliphatic rings. The van der Waals surface area contributed by atoms with Crippen LogP contribution in [0.4, 0.5) is 0 Å². The fourth-order valence-corrected chi connectivity index (χ4v) is 1.93. The first-order valence-electron chi connectivity index (χ1n) is 5.74. The number of hydrogen-bond acceptors (Lipinski definition) is 1. The number of carbonyl (C=O) groups excluding carboxylic acids is 1. The summed E-state index contributed by atoms with van der Waals surface area (Å²) in [5.74, 6) is 0.0282. The molecule has 0 unspecified atom stereocenters. The van der Waals surface area contributed by atoms with Gasteiger partial charge >= 0.3 is 0 Å². The molecule has 2 rings (SSSR count). The Balaban J connectivity index is 2.36. The van der Waals surface area contributed by atoms with Gasteiger partial charge in [-0.15, -0.1) is 0 Å². The lowest BCUT2D eigenvalue weighted by Gasteiger charge is -2.06. The lowest BCUT2D eigenvalue weighted by atomic mass is 9.97. The van der Waals surface area contributed by atoms with E-state index in [1.165, 1.54) is 0 Å². The second-order valence-electron chi connectivity index (χ2n) is 3.90. The summed E-state index contributed by atoms with van der Waals surface area (Å²) in [5.41, 5.74) is 2.27. The highest BCUT2D eigenvalue weighted by Gasteiger charge is 2.12. The molecule has 0 saturated carbocycles. The molecule has 0 radical (unpaired) electrons. The van der Waals surface area contributed by atoms with Gasteiger partial charge in [0.1, 0.15) is 0 Å². The van der Waals surface area contributed by atoms with Crippen LogP contribution in [0.15, 0.2) is 60.7 Å². The minimum Gasteiger partial charge on any atom is -0.289 e. The quantitative estimate of drug-likeness (QED) is 0.578. The number of Topliss-reactive ketones (excluding diaryl/α,β-unsaturated/α-hetero) is 1. The third-order valence-corrected chi connectivity index (χ3v) is 2.98. The largest absolute Gasteiger partial charge is 0.289 e. The first-order valence-corrected chi connectivity index (χ1v) is 6.12. The fraction of sp³-hybridized carbons (Fsp3) is 0.0625. The van der Waals surface area contributed by atoms with E-state index < -0.39 is 0 Å². The van der Waals surface area contributed by atoms with Gasteiger partial charge < -0.3 is 0 Å². The molecule has 0 fully saturated rings. The van der Waals surface area contributed by atoms with E-state index in [4.69, 9.17) is 11.6 Å². The highest BCUT2D eigenvalue weighted by Crippen LogP contribution is 2.21. The molecule has 0 saturated heterocycles. The van der Waals surface area contributed by atoms with Crippen LogP contribution in [-0.4, -0.2) is 5.78 Å². The second kappa shape index (κ2) is 5.65. The van der Waals surface area contributed by atoms with Crippen molar-refractivity contribution in [2.24, 2.45) is 0 Å². The maximum absolute atomic E-state index is 12.4. The molecule has 0 aromatic heterocycles. The SMILES string of the molecule is C/C=C(/C(=O)c1ccccc1)c1ccc(Cl)cc1. The monoisotopic (exact) mass is 256 g/mol. The highest BCUT2D eigenvalue weighted by molar-refractivity contribution is 6.31. The molecule has 0 heterocycles. The van der Waals surface area contributed by atoms with Crippen LogP contribution in [-0.2, 0) is 0 Å². The average molecular weight is 257 g/mol. The Bertz CT molecular complexity index is 568. The van der Waals surface area contributed by atoms with Gasteiger partial charge in [-0.05, 0) is 24.6 Å². The molecule has 0 spiro atoms. The van der Waals surface area contributed by atoms with Gasteiger partial charge in [0.25, 0.3) is 0 Å². The van der Waals surface area contributed by atoms with Gasteiger partial charge in [0.05, 0.1) is 0 Å². The first-order chi connectivity index (χ1) is 8.72. The maximum atomic E-state index is 12.4. The van der Waals surface area contributed by atoms with Crippen molar-refractivity contribution in [2.45, 2.75) is 6.92 Å². The molecule has 0 amide bonds. The van der Waals surface area contributed by atoms with Crippen LogP contribution in [0.1, 0.15) is 22.8 Å². The highest BCUT2D eigenvalue weighted by atomic mass is 35.5. The summed E-state index contributed by atoms with van der Waals surface area (Å²) in [4.78, 5) is 12.4. The number of hydrogen-bond donors (Lipinski definition) is 0. The Labute approximate surface area is 112 Å². The van der Waals surface area contributed by atoms with Gasteiger partial charge in [-0.25, -0.2) is 0 Å². The van der Waals surface area contributed by atoms with Crippen molar-refractivity contribution in [3.05, 3.63) is 76.8 Å². The molecular weight excluding hydrogens is 244 g/mol. The average Bonchev–Trinajstić information content (AvgIpc) is 2.42. The number of carbonyl (C=O) groups is 1. The van der Waals surface area contributed by atoms with Crippen LogP contribution in [0.3, 0.4) is 0 Å². The van der Waals surface area contributed by atoms with Crippen LogP contribution in [0, 0.1) is 0 Å². The minimum atomic E-state index is 0.0282. The van der Waals surface area contributed by atoms with Crippen molar-refractivity contribution < 1.29 is 4.79 Å². The summed E-state index contributed by atoms with van der Waals surface area (Å²) in [5, 5.41) is 0.668. The van der Waals surface area contributed by atoms with Crippen LogP contribution in [0.2, 0.25) is 5.02 Å². The van der Waals surface area contributed by atoms with Crippen molar-refractivity contribution in [3.8, 4) is 0 Å². The summed E-state index contributed by atoms with van der Waals surface area (Å²) in [6.07, 6.45) is 1.83. The number of halogens is 1. The molecule has 2 aromatic rings. The molecule has 0 aliphatic carbocycles. The van der Waals surface area contributed by atoms with Gasteiger partial charge in [-0.1, -0.05) is 60.1 Å². The van der Waals surface area contributed by atoms with Crippen LogP contribution in [0.25, 0.3) is 5.57 Å². The van der Waals surface area contributed by atoms with E-state index in [1.54, 1.807) is 12.1 Å². The molecule has 0 atom stereocenters. The second-order valence-corrected chi connectivity index (χ2v) is 4.34. The molecule has 2 heteroatoms. The van der Waals surface area contributed by atoms with Gasteiger partial charge in [0.15, 0.2) is 5.78 Å². The lowest BCUT2D eigenvalue weighted by molar-refractivity contribution is 0.105. The number of benzene rings is 2. The summed E-state index contributed by atoms with van der Waals surface area (Å²) in [6, 6.07) is 16.6. The van der Waals surface area contributed by atoms with E-state index in [1.807, 2.05) is 55.5 Å². The Morgan fingerprint density at radius 2 is 1.56 bits per heavy atom. The molecule has 0 N–H and O–H groups in total. The molecule has 90 valence electrons. The zero-order chi connectivity index (χ0) is 13.0. The first kappa shape index (κ1) is 12.6. The zero-order valence-corrected chi connectivity index (χ0v) is 10.8. The predicted octanol–water partition coefficient (Wildman–Crippen LogP) is 4.63. The lowest BCUT2D eigenvalue weighted by Crippen LogP contribution is -2.02. The summed E-state index contributed by atoms with van der Waals surface area (Å²) < 4.78 is 0. The summed E-state index contributed by atoms with van der Waals surface area (Å²) in [6.45, 7) is 1.87. The fourth-order valence-electron chi connectivity index (χ4n) is 1.80. The molecule has 18 heavy (non-hydrogen) atoms. The molecule has 0 aliphatic heterocycles. The predicted molar refractivity (Wildman–Crippen MR) is 75.9 cm³/mol. The zero-order valence-electron chi connectivity index (χ0n) is 10.1. The Kier molecular flexibility index (Phi) is 3.96. The van der Waals surface area contributed by atoms with E-state index >= 15 is 0 Å². The van der Waals surface area contributed by atoms with Crippen LogP contribution < -0.4 is 0 Å². The van der Waals surface area contributed by atoms with Crippen molar-refractivity contribution in [2.75, 3.05) is 0 Å². The number of rotatable bonds is 3. The van der Waals surface area contributed by atoms with Crippen molar-refractivity contribution in [1.29, 1.82) is 0 Å². The topological polar surface area (TPSA) is 17.1 Å². The molecular formula is C16H13ClO. The van der Waals surface area contributed by atoms with Gasteiger partial charge in [-0.2, -0.15) is 0 Å². The van der Waals surface area contributed by atoms with Crippen molar-refractivity contribution >= 4 is 23.0 Å². The standard InChI is InChI=1S/C16H13ClO/c1-2-15(12-8-10-14(17)11-9-12)16(18)13-6-4-3-5-7-13/h2-11H,1H3/b15-2+. The Hall–Kier alpha value is -1.86. The number of ketones is 1. The van der Waals surface area contributed by atoms with Crippen molar-refractivity contribution in [3.63, 3.8) is 0 Å². The van der Waals surface area contributed by atoms with E-state index in [0.717, 1.165) is 5.56 Å². The normalized spacial score (nSPS) is 11.3. The molecule has 1 nitrogen and oxygen atoms in total. The summed E-state index contributed by atoms with van der Waals surface area (Å²) >= 11 is 5.85. The van der Waals surface area contributed by atoms with E-state index in [0.29, 0.717) is 16.2 Å². The van der Waals surface area contributed by atoms with Crippen LogP contribution in [0.5, 0.6) is 0 Å². The van der Waals surface area contributed by atoms with Gasteiger partial charge in [0.2, 0.25) is 0 Å². The summed E-state index contributed by atoms with van der Waals surface area (Å²) in [7, 11) is 0. The van der Waals surface area contributed by atoms with Gasteiger partial charge in [-0.3, -0.25) is 4.79 Å². The van der Waals surface area contributed by atoms with E-state index in [2.05, 4.69) is 0 Å². The van der Waals surface area contributed by atoms with Gasteiger partial charge in [0, 0.05) is 16.2 Å². The van der Waals surface area contributed by atoms with Crippen molar-refractivity contribution in [1.82, 2.24) is 0 Å². The smallest absolute Gasteiger partial charge is 0.193 e. The third kappa shape index (κ3) is 2.69. The maximum Gasteiger partial charge on any atom is 0.193 e. The Morgan fingerprint density at radius 3 is 2.11 bits per heavy atom. The van der Waals surface area contributed by atoms with E-state index in [-0.39, 0.29) is 5.78 Å². The number of allylic oxidation sites excluding steroid dienone is 2. The molecule has 2 aromatic carbocycles.